The first kappa shape index (κ1) is 12.1. The van der Waals surface area contributed by atoms with E-state index in [1.54, 1.807) is 18.2 Å². The van der Waals surface area contributed by atoms with Crippen LogP contribution in [-0.4, -0.2) is 24.5 Å². The number of ketones is 1. The number of hydrogen-bond acceptors (Lipinski definition) is 4. The third-order valence-electron chi connectivity index (χ3n) is 2.48. The Morgan fingerprint density at radius 2 is 2.29 bits per heavy atom. The lowest BCUT2D eigenvalue weighted by Crippen LogP contribution is -2.22. The van der Waals surface area contributed by atoms with Gasteiger partial charge in [-0.25, -0.2) is 4.79 Å². The zero-order valence-corrected chi connectivity index (χ0v) is 10.8. The van der Waals surface area contributed by atoms with Crippen LogP contribution in [0.2, 0.25) is 0 Å². The molecule has 90 valence electrons. The zero-order chi connectivity index (χ0) is 12.4. The highest BCUT2D eigenvalue weighted by Gasteiger charge is 2.29. The van der Waals surface area contributed by atoms with Crippen LogP contribution in [0, 0.1) is 0 Å². The van der Waals surface area contributed by atoms with Gasteiger partial charge >= 0.3 is 5.97 Å². The van der Waals surface area contributed by atoms with Crippen molar-refractivity contribution in [3.63, 3.8) is 0 Å². The average Bonchev–Trinajstić information content (AvgIpc) is 2.64. The summed E-state index contributed by atoms with van der Waals surface area (Å²) in [6.45, 7) is 1.83. The zero-order valence-electron chi connectivity index (χ0n) is 9.23. The molecule has 0 amide bonds. The van der Waals surface area contributed by atoms with Gasteiger partial charge in [0.15, 0.2) is 11.9 Å². The first-order chi connectivity index (χ1) is 8.08. The van der Waals surface area contributed by atoms with Crippen LogP contribution in [0.25, 0.3) is 0 Å². The predicted octanol–water partition coefficient (Wildman–Crippen LogP) is 2.35. The molecule has 0 saturated carbocycles. The summed E-state index contributed by atoms with van der Waals surface area (Å²) in [5.41, 5.74) is 0.466. The van der Waals surface area contributed by atoms with Gasteiger partial charge in [0.05, 0.1) is 12.2 Å². The Bertz CT molecular complexity index is 470. The third kappa shape index (κ3) is 2.66. The molecule has 1 atom stereocenters. The molecule has 0 aromatic heterocycles. The molecule has 0 spiro atoms. The molecule has 1 fully saturated rings. The fourth-order valence-corrected chi connectivity index (χ4v) is 1.96. The lowest BCUT2D eigenvalue weighted by atomic mass is 10.1. The Hall–Kier alpha value is -1.36. The lowest BCUT2D eigenvalue weighted by Gasteiger charge is -2.13. The van der Waals surface area contributed by atoms with Crippen molar-refractivity contribution in [2.75, 3.05) is 6.61 Å². The molecule has 1 aliphatic rings. The van der Waals surface area contributed by atoms with Gasteiger partial charge in [-0.3, -0.25) is 4.79 Å². The molecule has 0 bridgehead atoms. The fraction of sp³-hybridized carbons (Fsp3) is 0.333. The SMILES string of the molecule is CC(=O)c1ccc(Br)cc1OC1CCOC1=O. The van der Waals surface area contributed by atoms with Crippen molar-refractivity contribution in [2.24, 2.45) is 0 Å². The van der Waals surface area contributed by atoms with Gasteiger partial charge in [0.1, 0.15) is 5.75 Å². The monoisotopic (exact) mass is 298 g/mol. The van der Waals surface area contributed by atoms with E-state index in [0.29, 0.717) is 24.3 Å². The minimum absolute atomic E-state index is 0.0983. The fourth-order valence-electron chi connectivity index (χ4n) is 1.62. The molecule has 0 radical (unpaired) electrons. The van der Waals surface area contributed by atoms with Crippen molar-refractivity contribution in [2.45, 2.75) is 19.4 Å². The van der Waals surface area contributed by atoms with E-state index in [1.807, 2.05) is 0 Å². The summed E-state index contributed by atoms with van der Waals surface area (Å²) in [7, 11) is 0. The first-order valence-corrected chi connectivity index (χ1v) is 6.01. The van der Waals surface area contributed by atoms with E-state index < -0.39 is 6.10 Å². The maximum atomic E-state index is 11.4. The number of rotatable bonds is 3. The molecule has 1 aromatic carbocycles. The second-order valence-corrected chi connectivity index (χ2v) is 4.68. The number of hydrogen-bond donors (Lipinski definition) is 0. The van der Waals surface area contributed by atoms with Crippen molar-refractivity contribution < 1.29 is 19.1 Å². The number of ether oxygens (including phenoxy) is 2. The van der Waals surface area contributed by atoms with Gasteiger partial charge in [-0.2, -0.15) is 0 Å². The minimum atomic E-state index is -0.609. The van der Waals surface area contributed by atoms with E-state index >= 15 is 0 Å². The predicted molar refractivity (Wildman–Crippen MR) is 64.1 cm³/mol. The Labute approximate surface area is 107 Å². The third-order valence-corrected chi connectivity index (χ3v) is 2.97. The quantitative estimate of drug-likeness (QED) is 0.635. The maximum Gasteiger partial charge on any atom is 0.347 e. The van der Waals surface area contributed by atoms with E-state index in [0.717, 1.165) is 4.47 Å². The van der Waals surface area contributed by atoms with Crippen LogP contribution < -0.4 is 4.74 Å². The van der Waals surface area contributed by atoms with Crippen molar-refractivity contribution in [3.8, 4) is 5.75 Å². The molecule has 4 nitrogen and oxygen atoms in total. The number of cyclic esters (lactones) is 1. The van der Waals surface area contributed by atoms with Gasteiger partial charge < -0.3 is 9.47 Å². The molecule has 0 aliphatic carbocycles. The second-order valence-electron chi connectivity index (χ2n) is 3.76. The molecule has 1 heterocycles. The molecular formula is C12H11BrO4. The number of benzene rings is 1. The van der Waals surface area contributed by atoms with Crippen molar-refractivity contribution in [1.82, 2.24) is 0 Å². The summed E-state index contributed by atoms with van der Waals surface area (Å²) in [6, 6.07) is 5.11. The standard InChI is InChI=1S/C12H11BrO4/c1-7(14)9-3-2-8(13)6-11(9)17-10-4-5-16-12(10)15/h2-3,6,10H,4-5H2,1H3. The van der Waals surface area contributed by atoms with E-state index in [9.17, 15) is 9.59 Å². The number of esters is 1. The molecular weight excluding hydrogens is 288 g/mol. The summed E-state index contributed by atoms with van der Waals surface area (Å²) in [5, 5.41) is 0. The summed E-state index contributed by atoms with van der Waals surface area (Å²) >= 11 is 3.30. The van der Waals surface area contributed by atoms with Crippen LogP contribution in [0.1, 0.15) is 23.7 Å². The van der Waals surface area contributed by atoms with Gasteiger partial charge in [-0.1, -0.05) is 15.9 Å². The van der Waals surface area contributed by atoms with E-state index in [4.69, 9.17) is 9.47 Å². The van der Waals surface area contributed by atoms with Crippen LogP contribution in [0.3, 0.4) is 0 Å². The number of Topliss-reactive ketones (excluding diaryl/α,β-unsaturated/α-hetero) is 1. The van der Waals surface area contributed by atoms with Crippen LogP contribution >= 0.6 is 15.9 Å². The Morgan fingerprint density at radius 1 is 1.53 bits per heavy atom. The van der Waals surface area contributed by atoms with Crippen molar-refractivity contribution >= 4 is 27.7 Å². The Balaban J connectivity index is 2.27. The summed E-state index contributed by atoms with van der Waals surface area (Å²) < 4.78 is 11.1. The average molecular weight is 299 g/mol. The topological polar surface area (TPSA) is 52.6 Å². The van der Waals surface area contributed by atoms with Gasteiger partial charge in [0.2, 0.25) is 0 Å². The summed E-state index contributed by atoms with van der Waals surface area (Å²) in [5.74, 6) is -0.0610. The van der Waals surface area contributed by atoms with Crippen LogP contribution in [-0.2, 0) is 9.53 Å². The van der Waals surface area contributed by atoms with Gasteiger partial charge in [-0.15, -0.1) is 0 Å². The molecule has 1 aliphatic heterocycles. The number of halogens is 1. The Kier molecular flexibility index (Phi) is 3.47. The summed E-state index contributed by atoms with van der Waals surface area (Å²) in [4.78, 5) is 22.7. The Morgan fingerprint density at radius 3 is 2.88 bits per heavy atom. The van der Waals surface area contributed by atoms with Gasteiger partial charge in [0.25, 0.3) is 0 Å². The van der Waals surface area contributed by atoms with Crippen LogP contribution in [0.4, 0.5) is 0 Å². The largest absolute Gasteiger partial charge is 0.478 e. The second kappa shape index (κ2) is 4.87. The van der Waals surface area contributed by atoms with E-state index in [1.165, 1.54) is 6.92 Å². The first-order valence-electron chi connectivity index (χ1n) is 5.21. The molecule has 1 aromatic rings. The number of carbonyl (C=O) groups excluding carboxylic acids is 2. The van der Waals surface area contributed by atoms with Crippen LogP contribution in [0.5, 0.6) is 5.75 Å². The molecule has 1 unspecified atom stereocenters. The highest BCUT2D eigenvalue weighted by molar-refractivity contribution is 9.10. The summed E-state index contributed by atoms with van der Waals surface area (Å²) in [6.07, 6.45) is -0.0923. The molecule has 5 heteroatoms. The normalized spacial score (nSPS) is 18.9. The molecule has 17 heavy (non-hydrogen) atoms. The highest BCUT2D eigenvalue weighted by atomic mass is 79.9. The van der Waals surface area contributed by atoms with Gasteiger partial charge in [-0.05, 0) is 25.1 Å². The van der Waals surface area contributed by atoms with Gasteiger partial charge in [0, 0.05) is 10.9 Å². The smallest absolute Gasteiger partial charge is 0.347 e. The lowest BCUT2D eigenvalue weighted by molar-refractivity contribution is -0.143. The molecule has 0 N–H and O–H groups in total. The maximum absolute atomic E-state index is 11.4. The minimum Gasteiger partial charge on any atom is -0.478 e. The van der Waals surface area contributed by atoms with Crippen molar-refractivity contribution in [3.05, 3.63) is 28.2 Å². The number of carbonyl (C=O) groups is 2. The van der Waals surface area contributed by atoms with E-state index in [2.05, 4.69) is 15.9 Å². The van der Waals surface area contributed by atoms with Crippen molar-refractivity contribution in [1.29, 1.82) is 0 Å². The molecule has 2 rings (SSSR count). The highest BCUT2D eigenvalue weighted by Crippen LogP contribution is 2.26. The molecule has 1 saturated heterocycles. The van der Waals surface area contributed by atoms with E-state index in [-0.39, 0.29) is 11.8 Å². The van der Waals surface area contributed by atoms with Crippen LogP contribution in [0.15, 0.2) is 22.7 Å².